The SMILES string of the molecule is O=C(COc1cc(Cl)ccc1Cl)NCCc1ncc[nH]1. The molecule has 2 aromatic rings. The van der Waals surface area contributed by atoms with E-state index >= 15 is 0 Å². The molecule has 1 heterocycles. The van der Waals surface area contributed by atoms with Crippen LogP contribution in [0.25, 0.3) is 0 Å². The Hall–Kier alpha value is -1.72. The summed E-state index contributed by atoms with van der Waals surface area (Å²) in [6, 6.07) is 4.84. The van der Waals surface area contributed by atoms with E-state index in [1.807, 2.05) is 0 Å². The molecular weight excluding hydrogens is 301 g/mol. The molecule has 106 valence electrons. The van der Waals surface area contributed by atoms with E-state index < -0.39 is 0 Å². The molecule has 0 atom stereocenters. The summed E-state index contributed by atoms with van der Waals surface area (Å²) in [6.07, 6.45) is 4.04. The van der Waals surface area contributed by atoms with Crippen molar-refractivity contribution < 1.29 is 9.53 Å². The third kappa shape index (κ3) is 4.43. The number of hydrogen-bond donors (Lipinski definition) is 2. The number of nitrogens with zero attached hydrogens (tertiary/aromatic N) is 1. The predicted octanol–water partition coefficient (Wildman–Crippen LogP) is 2.45. The third-order valence-corrected chi connectivity index (χ3v) is 3.04. The number of rotatable bonds is 6. The summed E-state index contributed by atoms with van der Waals surface area (Å²) in [4.78, 5) is 18.6. The Morgan fingerprint density at radius 2 is 2.25 bits per heavy atom. The molecule has 0 bridgehead atoms. The van der Waals surface area contributed by atoms with Crippen molar-refractivity contribution in [3.63, 3.8) is 0 Å². The van der Waals surface area contributed by atoms with Crippen molar-refractivity contribution in [1.82, 2.24) is 15.3 Å². The molecule has 0 spiro atoms. The van der Waals surface area contributed by atoms with Gasteiger partial charge in [-0.1, -0.05) is 23.2 Å². The number of amides is 1. The molecule has 1 aromatic heterocycles. The Kier molecular flexibility index (Phi) is 5.26. The average molecular weight is 314 g/mol. The Morgan fingerprint density at radius 3 is 3.00 bits per heavy atom. The number of hydrogen-bond acceptors (Lipinski definition) is 3. The number of ether oxygens (including phenoxy) is 1. The molecule has 2 rings (SSSR count). The van der Waals surface area contributed by atoms with Crippen molar-refractivity contribution in [3.8, 4) is 5.75 Å². The Labute approximate surface area is 126 Å². The molecule has 2 N–H and O–H groups in total. The van der Waals surface area contributed by atoms with Crippen LogP contribution >= 0.6 is 23.2 Å². The second kappa shape index (κ2) is 7.17. The molecule has 0 aliphatic carbocycles. The topological polar surface area (TPSA) is 67.0 Å². The summed E-state index contributed by atoms with van der Waals surface area (Å²) in [6.45, 7) is 0.372. The van der Waals surface area contributed by atoms with Crippen LogP contribution in [0.1, 0.15) is 5.82 Å². The number of aromatic amines is 1. The number of halogens is 2. The smallest absolute Gasteiger partial charge is 0.257 e. The number of H-pyrrole nitrogens is 1. The minimum atomic E-state index is -0.229. The molecule has 0 fully saturated rings. The van der Waals surface area contributed by atoms with Gasteiger partial charge in [-0.05, 0) is 12.1 Å². The zero-order valence-electron chi connectivity index (χ0n) is 10.5. The third-order valence-electron chi connectivity index (χ3n) is 2.49. The molecule has 0 radical (unpaired) electrons. The van der Waals surface area contributed by atoms with Crippen molar-refractivity contribution in [2.45, 2.75) is 6.42 Å². The summed E-state index contributed by atoms with van der Waals surface area (Å²) in [7, 11) is 0. The fraction of sp³-hybridized carbons (Fsp3) is 0.231. The van der Waals surface area contributed by atoms with Crippen LogP contribution in [0.2, 0.25) is 10.0 Å². The number of aromatic nitrogens is 2. The summed E-state index contributed by atoms with van der Waals surface area (Å²) in [5.74, 6) is 0.983. The zero-order chi connectivity index (χ0) is 14.4. The highest BCUT2D eigenvalue weighted by molar-refractivity contribution is 6.34. The Bertz CT molecular complexity index is 573. The first kappa shape index (κ1) is 14.7. The predicted molar refractivity (Wildman–Crippen MR) is 77.3 cm³/mol. The second-order valence-electron chi connectivity index (χ2n) is 4.00. The van der Waals surface area contributed by atoms with E-state index in [0.717, 1.165) is 5.82 Å². The van der Waals surface area contributed by atoms with Crippen LogP contribution in [-0.4, -0.2) is 29.0 Å². The van der Waals surface area contributed by atoms with Crippen molar-refractivity contribution >= 4 is 29.1 Å². The van der Waals surface area contributed by atoms with Crippen LogP contribution in [0.4, 0.5) is 0 Å². The Balaban J connectivity index is 1.73. The number of carbonyl (C=O) groups is 1. The van der Waals surface area contributed by atoms with Gasteiger partial charge in [-0.15, -0.1) is 0 Å². The largest absolute Gasteiger partial charge is 0.482 e. The van der Waals surface area contributed by atoms with Gasteiger partial charge in [0.2, 0.25) is 0 Å². The number of carbonyl (C=O) groups excluding carboxylic acids is 1. The number of benzene rings is 1. The number of nitrogens with one attached hydrogen (secondary N) is 2. The van der Waals surface area contributed by atoms with Crippen LogP contribution in [0.5, 0.6) is 5.75 Å². The summed E-state index contributed by atoms with van der Waals surface area (Å²) < 4.78 is 5.32. The summed E-state index contributed by atoms with van der Waals surface area (Å²) in [5.41, 5.74) is 0. The minimum Gasteiger partial charge on any atom is -0.482 e. The molecule has 0 saturated carbocycles. The van der Waals surface area contributed by atoms with E-state index in [-0.39, 0.29) is 12.5 Å². The lowest BCUT2D eigenvalue weighted by Gasteiger charge is -2.08. The van der Waals surface area contributed by atoms with E-state index in [4.69, 9.17) is 27.9 Å². The average Bonchev–Trinajstić information content (AvgIpc) is 2.93. The van der Waals surface area contributed by atoms with E-state index in [2.05, 4.69) is 15.3 Å². The van der Waals surface area contributed by atoms with Crippen LogP contribution in [0, 0.1) is 0 Å². The maximum absolute atomic E-state index is 11.6. The van der Waals surface area contributed by atoms with Gasteiger partial charge in [-0.25, -0.2) is 4.98 Å². The van der Waals surface area contributed by atoms with Crippen molar-refractivity contribution in [3.05, 3.63) is 46.5 Å². The van der Waals surface area contributed by atoms with Gasteiger partial charge in [0, 0.05) is 36.4 Å². The van der Waals surface area contributed by atoms with E-state index in [9.17, 15) is 4.79 Å². The Morgan fingerprint density at radius 1 is 1.40 bits per heavy atom. The summed E-state index contributed by atoms with van der Waals surface area (Å²) >= 11 is 11.7. The van der Waals surface area contributed by atoms with Gasteiger partial charge in [-0.2, -0.15) is 0 Å². The van der Waals surface area contributed by atoms with Crippen LogP contribution in [0.15, 0.2) is 30.6 Å². The lowest BCUT2D eigenvalue weighted by molar-refractivity contribution is -0.123. The first-order chi connectivity index (χ1) is 9.65. The normalized spacial score (nSPS) is 10.3. The lowest BCUT2D eigenvalue weighted by Crippen LogP contribution is -2.30. The van der Waals surface area contributed by atoms with E-state index in [1.54, 1.807) is 30.6 Å². The molecular formula is C13H13Cl2N3O2. The lowest BCUT2D eigenvalue weighted by atomic mass is 10.3. The summed E-state index contributed by atoms with van der Waals surface area (Å²) in [5, 5.41) is 3.64. The molecule has 0 unspecified atom stereocenters. The first-order valence-electron chi connectivity index (χ1n) is 5.98. The van der Waals surface area contributed by atoms with Gasteiger partial charge in [-0.3, -0.25) is 4.79 Å². The maximum Gasteiger partial charge on any atom is 0.257 e. The van der Waals surface area contributed by atoms with Crippen LogP contribution < -0.4 is 10.1 Å². The van der Waals surface area contributed by atoms with E-state index in [0.29, 0.717) is 28.8 Å². The van der Waals surface area contributed by atoms with Crippen molar-refractivity contribution in [2.24, 2.45) is 0 Å². The van der Waals surface area contributed by atoms with Crippen LogP contribution in [-0.2, 0) is 11.2 Å². The molecule has 0 aliphatic heterocycles. The van der Waals surface area contributed by atoms with Gasteiger partial charge in [0.25, 0.3) is 5.91 Å². The fourth-order valence-electron chi connectivity index (χ4n) is 1.54. The number of imidazole rings is 1. The van der Waals surface area contributed by atoms with Crippen molar-refractivity contribution in [1.29, 1.82) is 0 Å². The standard InChI is InChI=1S/C13H13Cl2N3O2/c14-9-1-2-10(15)11(7-9)20-8-13(19)18-4-3-12-16-5-6-17-12/h1-2,5-7H,3-4,8H2,(H,16,17)(H,18,19). The van der Waals surface area contributed by atoms with Crippen molar-refractivity contribution in [2.75, 3.05) is 13.2 Å². The van der Waals surface area contributed by atoms with Gasteiger partial charge in [0.1, 0.15) is 11.6 Å². The highest BCUT2D eigenvalue weighted by Crippen LogP contribution is 2.27. The second-order valence-corrected chi connectivity index (χ2v) is 4.84. The van der Waals surface area contributed by atoms with Crippen LogP contribution in [0.3, 0.4) is 0 Å². The van der Waals surface area contributed by atoms with Gasteiger partial charge < -0.3 is 15.0 Å². The zero-order valence-corrected chi connectivity index (χ0v) is 12.0. The molecule has 0 saturated heterocycles. The molecule has 5 nitrogen and oxygen atoms in total. The molecule has 7 heteroatoms. The highest BCUT2D eigenvalue weighted by Gasteiger charge is 2.06. The highest BCUT2D eigenvalue weighted by atomic mass is 35.5. The fourth-order valence-corrected chi connectivity index (χ4v) is 1.87. The van der Waals surface area contributed by atoms with Gasteiger partial charge >= 0.3 is 0 Å². The monoisotopic (exact) mass is 313 g/mol. The first-order valence-corrected chi connectivity index (χ1v) is 6.73. The molecule has 20 heavy (non-hydrogen) atoms. The maximum atomic E-state index is 11.6. The quantitative estimate of drug-likeness (QED) is 0.861. The van der Waals surface area contributed by atoms with E-state index in [1.165, 1.54) is 0 Å². The van der Waals surface area contributed by atoms with Gasteiger partial charge in [0.15, 0.2) is 6.61 Å². The van der Waals surface area contributed by atoms with Gasteiger partial charge in [0.05, 0.1) is 5.02 Å². The molecule has 0 aliphatic rings. The molecule has 1 amide bonds. The minimum absolute atomic E-state index is 0.113. The molecule has 1 aromatic carbocycles.